The summed E-state index contributed by atoms with van der Waals surface area (Å²) in [6.07, 6.45) is 3.03. The van der Waals surface area contributed by atoms with E-state index in [0.29, 0.717) is 12.2 Å². The minimum Gasteiger partial charge on any atom is -0.449 e. The number of carbonyl (C=O) groups is 2. The molecule has 0 bridgehead atoms. The molecule has 30 heavy (non-hydrogen) atoms. The third-order valence-corrected chi connectivity index (χ3v) is 5.11. The van der Waals surface area contributed by atoms with Gasteiger partial charge in [-0.25, -0.2) is 4.79 Å². The van der Waals surface area contributed by atoms with Crippen molar-refractivity contribution >= 4 is 23.3 Å². The summed E-state index contributed by atoms with van der Waals surface area (Å²) >= 11 is 0. The molecule has 0 aromatic heterocycles. The molecule has 8 heteroatoms. The summed E-state index contributed by atoms with van der Waals surface area (Å²) in [5, 5.41) is 17.4. The lowest BCUT2D eigenvalue weighted by Gasteiger charge is -2.17. The number of hydrogen-bond acceptors (Lipinski definition) is 6. The highest BCUT2D eigenvalue weighted by molar-refractivity contribution is 5.93. The van der Waals surface area contributed by atoms with Crippen LogP contribution in [0.5, 0.6) is 0 Å². The van der Waals surface area contributed by atoms with Crippen LogP contribution in [-0.2, 0) is 16.1 Å². The van der Waals surface area contributed by atoms with Gasteiger partial charge in [0.1, 0.15) is 5.69 Å². The summed E-state index contributed by atoms with van der Waals surface area (Å²) < 4.78 is 5.22. The molecule has 2 aromatic rings. The second-order valence-corrected chi connectivity index (χ2v) is 7.37. The van der Waals surface area contributed by atoms with E-state index in [1.165, 1.54) is 19.1 Å². The van der Waals surface area contributed by atoms with Crippen LogP contribution in [0.15, 0.2) is 48.5 Å². The second kappa shape index (κ2) is 9.87. The monoisotopic (exact) mass is 411 g/mol. The van der Waals surface area contributed by atoms with Gasteiger partial charge < -0.3 is 15.4 Å². The smallest absolute Gasteiger partial charge is 0.339 e. The first-order valence-electron chi connectivity index (χ1n) is 10.0. The predicted octanol–water partition coefficient (Wildman–Crippen LogP) is 3.81. The summed E-state index contributed by atoms with van der Waals surface area (Å²) in [6, 6.07) is 13.7. The molecule has 2 N–H and O–H groups in total. The maximum atomic E-state index is 12.4. The summed E-state index contributed by atoms with van der Waals surface area (Å²) in [6.45, 7) is 1.90. The van der Waals surface area contributed by atoms with Crippen LogP contribution < -0.4 is 10.6 Å². The topological polar surface area (TPSA) is 111 Å². The molecule has 1 aliphatic rings. The fourth-order valence-electron chi connectivity index (χ4n) is 3.42. The Morgan fingerprint density at radius 2 is 1.87 bits per heavy atom. The number of nitro benzene ring substituents is 1. The molecular formula is C22H25N3O5. The van der Waals surface area contributed by atoms with Gasteiger partial charge in [-0.3, -0.25) is 14.9 Å². The molecule has 0 saturated heterocycles. The Morgan fingerprint density at radius 1 is 1.17 bits per heavy atom. The van der Waals surface area contributed by atoms with Crippen molar-refractivity contribution in [1.29, 1.82) is 0 Å². The van der Waals surface area contributed by atoms with Gasteiger partial charge in [-0.2, -0.15) is 0 Å². The van der Waals surface area contributed by atoms with E-state index in [2.05, 4.69) is 10.6 Å². The van der Waals surface area contributed by atoms with E-state index in [0.717, 1.165) is 37.3 Å². The van der Waals surface area contributed by atoms with E-state index in [1.807, 2.05) is 30.3 Å². The molecule has 0 unspecified atom stereocenters. The van der Waals surface area contributed by atoms with E-state index in [4.69, 9.17) is 4.74 Å². The number of anilines is 1. The SMILES string of the molecule is C[C@H](OC(=O)c1ccc(NCc2ccccc2)c([N+](=O)[O-])c1)C(=O)NC1CCCC1. The van der Waals surface area contributed by atoms with Crippen molar-refractivity contribution in [2.45, 2.75) is 51.3 Å². The lowest BCUT2D eigenvalue weighted by Crippen LogP contribution is -2.40. The van der Waals surface area contributed by atoms with Crippen LogP contribution in [0.25, 0.3) is 0 Å². The molecule has 3 rings (SSSR count). The first kappa shape index (κ1) is 21.3. The Hall–Kier alpha value is -3.42. The number of amides is 1. The average molecular weight is 411 g/mol. The average Bonchev–Trinajstić information content (AvgIpc) is 3.25. The predicted molar refractivity (Wildman–Crippen MR) is 112 cm³/mol. The number of hydrogen-bond donors (Lipinski definition) is 2. The lowest BCUT2D eigenvalue weighted by atomic mass is 10.1. The zero-order valence-corrected chi connectivity index (χ0v) is 16.8. The molecule has 0 radical (unpaired) electrons. The van der Waals surface area contributed by atoms with Gasteiger partial charge in [-0.1, -0.05) is 43.2 Å². The summed E-state index contributed by atoms with van der Waals surface area (Å²) in [7, 11) is 0. The van der Waals surface area contributed by atoms with Gasteiger partial charge >= 0.3 is 5.97 Å². The molecule has 0 aliphatic heterocycles. The molecule has 2 aromatic carbocycles. The third-order valence-electron chi connectivity index (χ3n) is 5.11. The number of nitrogens with one attached hydrogen (secondary N) is 2. The van der Waals surface area contributed by atoms with Crippen molar-refractivity contribution in [2.24, 2.45) is 0 Å². The fraction of sp³-hybridized carbons (Fsp3) is 0.364. The summed E-state index contributed by atoms with van der Waals surface area (Å²) in [5.74, 6) is -1.13. The Bertz CT molecular complexity index is 910. The highest BCUT2D eigenvalue weighted by Crippen LogP contribution is 2.27. The van der Waals surface area contributed by atoms with E-state index in [1.54, 1.807) is 0 Å². The van der Waals surface area contributed by atoms with Crippen LogP contribution in [0.3, 0.4) is 0 Å². The standard InChI is InChI=1S/C22H25N3O5/c1-15(21(26)24-18-9-5-6-10-18)30-22(27)17-11-12-19(20(13-17)25(28)29)23-14-16-7-3-2-4-8-16/h2-4,7-8,11-13,15,18,23H,5-6,9-10,14H2,1H3,(H,24,26)/t15-/m0/s1. The van der Waals surface area contributed by atoms with Crippen molar-refractivity contribution in [3.63, 3.8) is 0 Å². The van der Waals surface area contributed by atoms with Crippen molar-refractivity contribution in [1.82, 2.24) is 5.32 Å². The highest BCUT2D eigenvalue weighted by atomic mass is 16.6. The van der Waals surface area contributed by atoms with Crippen LogP contribution in [-0.4, -0.2) is 28.9 Å². The van der Waals surface area contributed by atoms with Gasteiger partial charge in [0.05, 0.1) is 10.5 Å². The highest BCUT2D eigenvalue weighted by Gasteiger charge is 2.25. The molecule has 1 saturated carbocycles. The van der Waals surface area contributed by atoms with E-state index >= 15 is 0 Å². The van der Waals surface area contributed by atoms with Gasteiger partial charge in [0.15, 0.2) is 6.10 Å². The molecular weight excluding hydrogens is 386 g/mol. The normalized spacial score (nSPS) is 14.7. The zero-order valence-electron chi connectivity index (χ0n) is 16.8. The number of rotatable bonds is 8. The van der Waals surface area contributed by atoms with Crippen molar-refractivity contribution in [3.8, 4) is 0 Å². The Kier molecular flexibility index (Phi) is 7.00. The zero-order chi connectivity index (χ0) is 21.5. The van der Waals surface area contributed by atoms with Crippen LogP contribution in [0, 0.1) is 10.1 Å². The lowest BCUT2D eigenvalue weighted by molar-refractivity contribution is -0.384. The van der Waals surface area contributed by atoms with Crippen LogP contribution in [0.1, 0.15) is 48.5 Å². The van der Waals surface area contributed by atoms with Gasteiger partial charge in [0.25, 0.3) is 11.6 Å². The number of nitrogens with zero attached hydrogens (tertiary/aromatic N) is 1. The largest absolute Gasteiger partial charge is 0.449 e. The van der Waals surface area contributed by atoms with Crippen molar-refractivity contribution in [3.05, 3.63) is 69.8 Å². The fourth-order valence-corrected chi connectivity index (χ4v) is 3.42. The second-order valence-electron chi connectivity index (χ2n) is 7.37. The number of esters is 1. The molecule has 1 atom stereocenters. The Labute approximate surface area is 174 Å². The molecule has 1 amide bonds. The van der Waals surface area contributed by atoms with Gasteiger partial charge in [0, 0.05) is 18.7 Å². The number of benzene rings is 2. The van der Waals surface area contributed by atoms with Crippen LogP contribution in [0.4, 0.5) is 11.4 Å². The van der Waals surface area contributed by atoms with Gasteiger partial charge in [-0.15, -0.1) is 0 Å². The maximum Gasteiger partial charge on any atom is 0.339 e. The first-order chi connectivity index (χ1) is 14.4. The van der Waals surface area contributed by atoms with Crippen LogP contribution in [0.2, 0.25) is 0 Å². The number of carbonyl (C=O) groups excluding carboxylic acids is 2. The van der Waals surface area contributed by atoms with Crippen molar-refractivity contribution in [2.75, 3.05) is 5.32 Å². The van der Waals surface area contributed by atoms with E-state index in [-0.39, 0.29) is 23.2 Å². The van der Waals surface area contributed by atoms with Crippen LogP contribution >= 0.6 is 0 Å². The summed E-state index contributed by atoms with van der Waals surface area (Å²) in [4.78, 5) is 35.6. The molecule has 1 fully saturated rings. The van der Waals surface area contributed by atoms with E-state index < -0.39 is 17.0 Å². The van der Waals surface area contributed by atoms with Gasteiger partial charge in [0.2, 0.25) is 0 Å². The maximum absolute atomic E-state index is 12.4. The first-order valence-corrected chi connectivity index (χ1v) is 10.0. The minimum atomic E-state index is -0.979. The van der Waals surface area contributed by atoms with Gasteiger partial charge in [-0.05, 0) is 37.5 Å². The quantitative estimate of drug-likeness (QED) is 0.388. The Morgan fingerprint density at radius 3 is 2.53 bits per heavy atom. The molecule has 1 aliphatic carbocycles. The minimum absolute atomic E-state index is 0.0208. The molecule has 158 valence electrons. The molecule has 0 heterocycles. The number of nitro groups is 1. The van der Waals surface area contributed by atoms with Crippen molar-refractivity contribution < 1.29 is 19.2 Å². The summed E-state index contributed by atoms with van der Waals surface area (Å²) in [5.41, 5.74) is 1.06. The third kappa shape index (κ3) is 5.56. The molecule has 0 spiro atoms. The Balaban J connectivity index is 1.64. The van der Waals surface area contributed by atoms with E-state index in [9.17, 15) is 19.7 Å². The molecule has 8 nitrogen and oxygen atoms in total. The number of ether oxygens (including phenoxy) is 1.